The Balaban J connectivity index is 2.16. The van der Waals surface area contributed by atoms with Gasteiger partial charge in [-0.05, 0) is 36.8 Å². The Bertz CT molecular complexity index is 662. The van der Waals surface area contributed by atoms with Crippen LogP contribution in [-0.4, -0.2) is 19.1 Å². The maximum absolute atomic E-state index is 10.9. The number of hydrogen-bond acceptors (Lipinski definition) is 4. The summed E-state index contributed by atoms with van der Waals surface area (Å²) >= 11 is 6.25. The molecule has 0 unspecified atom stereocenters. The summed E-state index contributed by atoms with van der Waals surface area (Å²) in [7, 11) is 0. The maximum Gasteiger partial charge on any atom is 0.255 e. The molecule has 0 fully saturated rings. The van der Waals surface area contributed by atoms with Crippen molar-refractivity contribution in [1.82, 2.24) is 0 Å². The van der Waals surface area contributed by atoms with Gasteiger partial charge in [-0.1, -0.05) is 29.8 Å². The quantitative estimate of drug-likeness (QED) is 0.777. The third-order valence-electron chi connectivity index (χ3n) is 3.00. The SMILES string of the molecule is CCOc1cc(CNc2ccccc2)cc(Cl)c1OCC(N)=O. The highest BCUT2D eigenvalue weighted by Gasteiger charge is 2.13. The molecule has 0 saturated heterocycles. The van der Waals surface area contributed by atoms with E-state index in [1.54, 1.807) is 6.07 Å². The second kappa shape index (κ2) is 8.29. The molecular weight excluding hydrogens is 316 g/mol. The van der Waals surface area contributed by atoms with E-state index in [1.807, 2.05) is 43.3 Å². The number of para-hydroxylation sites is 1. The zero-order chi connectivity index (χ0) is 16.7. The van der Waals surface area contributed by atoms with Crippen molar-refractivity contribution in [3.8, 4) is 11.5 Å². The highest BCUT2D eigenvalue weighted by atomic mass is 35.5. The predicted molar refractivity (Wildman–Crippen MR) is 91.1 cm³/mol. The highest BCUT2D eigenvalue weighted by molar-refractivity contribution is 6.32. The van der Waals surface area contributed by atoms with Crippen molar-refractivity contribution in [2.24, 2.45) is 5.73 Å². The first-order chi connectivity index (χ1) is 11.1. The Kier molecular flexibility index (Phi) is 6.11. The number of nitrogens with one attached hydrogen (secondary N) is 1. The molecule has 0 bridgehead atoms. The molecule has 23 heavy (non-hydrogen) atoms. The molecule has 0 radical (unpaired) electrons. The summed E-state index contributed by atoms with van der Waals surface area (Å²) in [5, 5.41) is 3.67. The lowest BCUT2D eigenvalue weighted by Crippen LogP contribution is -2.20. The molecule has 0 spiro atoms. The van der Waals surface area contributed by atoms with Crippen LogP contribution < -0.4 is 20.5 Å². The first kappa shape index (κ1) is 17.0. The van der Waals surface area contributed by atoms with Gasteiger partial charge in [-0.15, -0.1) is 0 Å². The van der Waals surface area contributed by atoms with E-state index in [1.165, 1.54) is 0 Å². The van der Waals surface area contributed by atoms with Crippen LogP contribution in [0, 0.1) is 0 Å². The summed E-state index contributed by atoms with van der Waals surface area (Å²) in [4.78, 5) is 10.9. The topological polar surface area (TPSA) is 73.6 Å². The first-order valence-corrected chi connectivity index (χ1v) is 7.63. The van der Waals surface area contributed by atoms with Crippen molar-refractivity contribution in [1.29, 1.82) is 0 Å². The van der Waals surface area contributed by atoms with E-state index in [2.05, 4.69) is 5.32 Å². The van der Waals surface area contributed by atoms with Crippen molar-refractivity contribution in [2.45, 2.75) is 13.5 Å². The lowest BCUT2D eigenvalue weighted by molar-refractivity contribution is -0.119. The van der Waals surface area contributed by atoms with Gasteiger partial charge in [-0.3, -0.25) is 4.79 Å². The van der Waals surface area contributed by atoms with E-state index >= 15 is 0 Å². The number of nitrogens with two attached hydrogens (primary N) is 1. The molecule has 122 valence electrons. The molecule has 0 aliphatic heterocycles. The molecule has 0 aliphatic rings. The number of anilines is 1. The lowest BCUT2D eigenvalue weighted by Gasteiger charge is -2.15. The number of primary amides is 1. The number of halogens is 1. The van der Waals surface area contributed by atoms with Crippen LogP contribution in [0.4, 0.5) is 5.69 Å². The highest BCUT2D eigenvalue weighted by Crippen LogP contribution is 2.36. The van der Waals surface area contributed by atoms with Crippen LogP contribution in [0.2, 0.25) is 5.02 Å². The molecule has 1 amide bonds. The fourth-order valence-electron chi connectivity index (χ4n) is 2.03. The van der Waals surface area contributed by atoms with Crippen molar-refractivity contribution < 1.29 is 14.3 Å². The molecule has 0 atom stereocenters. The van der Waals surface area contributed by atoms with Crippen molar-refractivity contribution in [3.63, 3.8) is 0 Å². The zero-order valence-electron chi connectivity index (χ0n) is 12.8. The largest absolute Gasteiger partial charge is 0.490 e. The van der Waals surface area contributed by atoms with Crippen LogP contribution in [0.25, 0.3) is 0 Å². The Morgan fingerprint density at radius 3 is 2.61 bits per heavy atom. The molecule has 0 aromatic heterocycles. The van der Waals surface area contributed by atoms with Crippen LogP contribution >= 0.6 is 11.6 Å². The van der Waals surface area contributed by atoms with Crippen LogP contribution in [0.1, 0.15) is 12.5 Å². The summed E-state index contributed by atoms with van der Waals surface area (Å²) < 4.78 is 10.9. The summed E-state index contributed by atoms with van der Waals surface area (Å²) in [6, 6.07) is 13.5. The fraction of sp³-hybridized carbons (Fsp3) is 0.235. The average molecular weight is 335 g/mol. The van der Waals surface area contributed by atoms with Crippen LogP contribution in [0.3, 0.4) is 0 Å². The van der Waals surface area contributed by atoms with E-state index in [4.69, 9.17) is 26.8 Å². The van der Waals surface area contributed by atoms with Crippen LogP contribution in [0.5, 0.6) is 11.5 Å². The Morgan fingerprint density at radius 1 is 1.22 bits per heavy atom. The third-order valence-corrected chi connectivity index (χ3v) is 3.28. The van der Waals surface area contributed by atoms with Gasteiger partial charge in [-0.2, -0.15) is 0 Å². The molecule has 2 aromatic carbocycles. The Labute approximate surface area is 140 Å². The van der Waals surface area contributed by atoms with E-state index < -0.39 is 5.91 Å². The normalized spacial score (nSPS) is 10.2. The average Bonchev–Trinajstić information content (AvgIpc) is 2.53. The summed E-state index contributed by atoms with van der Waals surface area (Å²) in [5.74, 6) is 0.250. The minimum atomic E-state index is -0.571. The van der Waals surface area contributed by atoms with E-state index in [-0.39, 0.29) is 6.61 Å². The summed E-state index contributed by atoms with van der Waals surface area (Å²) in [5.41, 5.74) is 7.05. The molecule has 2 aromatic rings. The van der Waals surface area contributed by atoms with Gasteiger partial charge in [0.05, 0.1) is 11.6 Å². The van der Waals surface area contributed by atoms with Crippen molar-refractivity contribution in [3.05, 3.63) is 53.1 Å². The standard InChI is InChI=1S/C17H19ClN2O3/c1-2-22-15-9-12(10-20-13-6-4-3-5-7-13)8-14(18)17(15)23-11-16(19)21/h3-9,20H,2,10-11H2,1H3,(H2,19,21). The maximum atomic E-state index is 10.9. The fourth-order valence-corrected chi connectivity index (χ4v) is 2.32. The molecule has 3 N–H and O–H groups in total. The number of rotatable bonds is 8. The van der Waals surface area contributed by atoms with Gasteiger partial charge in [0.1, 0.15) is 0 Å². The van der Waals surface area contributed by atoms with Gasteiger partial charge in [0.25, 0.3) is 5.91 Å². The smallest absolute Gasteiger partial charge is 0.255 e. The van der Waals surface area contributed by atoms with E-state index in [0.717, 1.165) is 11.3 Å². The molecular formula is C17H19ClN2O3. The third kappa shape index (κ3) is 5.07. The van der Waals surface area contributed by atoms with Crippen LogP contribution in [0.15, 0.2) is 42.5 Å². The molecule has 2 rings (SSSR count). The number of hydrogen-bond donors (Lipinski definition) is 2. The van der Waals surface area contributed by atoms with E-state index in [0.29, 0.717) is 29.7 Å². The Morgan fingerprint density at radius 2 is 1.96 bits per heavy atom. The number of carbonyl (C=O) groups excluding carboxylic acids is 1. The number of ether oxygens (including phenoxy) is 2. The molecule has 6 heteroatoms. The van der Waals surface area contributed by atoms with Gasteiger partial charge >= 0.3 is 0 Å². The Hall–Kier alpha value is -2.40. The second-order valence-electron chi connectivity index (χ2n) is 4.81. The minimum Gasteiger partial charge on any atom is -0.490 e. The lowest BCUT2D eigenvalue weighted by atomic mass is 10.2. The van der Waals surface area contributed by atoms with Crippen LogP contribution in [-0.2, 0) is 11.3 Å². The second-order valence-corrected chi connectivity index (χ2v) is 5.22. The summed E-state index contributed by atoms with van der Waals surface area (Å²) in [6.45, 7) is 2.65. The number of amides is 1. The van der Waals surface area contributed by atoms with E-state index in [9.17, 15) is 4.79 Å². The first-order valence-electron chi connectivity index (χ1n) is 7.25. The van der Waals surface area contributed by atoms with Gasteiger partial charge in [0.15, 0.2) is 18.1 Å². The predicted octanol–water partition coefficient (Wildman–Crippen LogP) is 3.21. The zero-order valence-corrected chi connectivity index (χ0v) is 13.6. The molecule has 0 saturated carbocycles. The van der Waals surface area contributed by atoms with Gasteiger partial charge in [0.2, 0.25) is 0 Å². The van der Waals surface area contributed by atoms with Gasteiger partial charge < -0.3 is 20.5 Å². The van der Waals surface area contributed by atoms with Crippen molar-refractivity contribution >= 4 is 23.2 Å². The monoisotopic (exact) mass is 334 g/mol. The summed E-state index contributed by atoms with van der Waals surface area (Å²) in [6.07, 6.45) is 0. The minimum absolute atomic E-state index is 0.249. The van der Waals surface area contributed by atoms with Crippen molar-refractivity contribution in [2.75, 3.05) is 18.5 Å². The number of carbonyl (C=O) groups is 1. The molecule has 5 nitrogen and oxygen atoms in total. The number of benzene rings is 2. The van der Waals surface area contributed by atoms with Gasteiger partial charge in [-0.25, -0.2) is 0 Å². The molecule has 0 heterocycles. The molecule has 0 aliphatic carbocycles. The van der Waals surface area contributed by atoms with Gasteiger partial charge in [0, 0.05) is 12.2 Å².